The van der Waals surface area contributed by atoms with E-state index >= 15 is 0 Å². The van der Waals surface area contributed by atoms with E-state index in [9.17, 15) is 9.59 Å². The minimum absolute atomic E-state index is 0.127. The Balaban J connectivity index is 1.83. The van der Waals surface area contributed by atoms with Crippen LogP contribution < -0.4 is 0 Å². The summed E-state index contributed by atoms with van der Waals surface area (Å²) < 4.78 is 11.2. The normalized spacial score (nSPS) is 32.7. The summed E-state index contributed by atoms with van der Waals surface area (Å²) in [6.45, 7) is 8.85. The molecule has 4 atom stereocenters. The molecular weight excluding hydrogens is 316 g/mol. The number of esters is 2. The van der Waals surface area contributed by atoms with Crippen molar-refractivity contribution < 1.29 is 19.1 Å². The third kappa shape index (κ3) is 3.33. The molecule has 0 N–H and O–H groups in total. The van der Waals surface area contributed by atoms with Crippen LogP contribution in [0.25, 0.3) is 0 Å². The Labute approximate surface area is 152 Å². The maximum absolute atomic E-state index is 13.1. The Kier molecular flexibility index (Phi) is 5.45. The Morgan fingerprint density at radius 2 is 1.44 bits per heavy atom. The zero-order chi connectivity index (χ0) is 18.2. The molecule has 0 radical (unpaired) electrons. The van der Waals surface area contributed by atoms with E-state index in [1.807, 2.05) is 27.7 Å². The predicted molar refractivity (Wildman–Crippen MR) is 95.7 cm³/mol. The van der Waals surface area contributed by atoms with Crippen molar-refractivity contribution in [2.45, 2.75) is 66.2 Å². The fraction of sp³-hybridized carbons (Fsp3) is 0.905. The molecule has 3 saturated carbocycles. The van der Waals surface area contributed by atoms with Crippen molar-refractivity contribution in [3.63, 3.8) is 0 Å². The van der Waals surface area contributed by atoms with Crippen molar-refractivity contribution in [3.05, 3.63) is 0 Å². The van der Waals surface area contributed by atoms with Crippen LogP contribution in [-0.2, 0) is 19.1 Å². The molecule has 0 aliphatic heterocycles. The fourth-order valence-electron chi connectivity index (χ4n) is 5.61. The Morgan fingerprint density at radius 1 is 0.920 bits per heavy atom. The Morgan fingerprint density at radius 3 is 1.96 bits per heavy atom. The topological polar surface area (TPSA) is 52.6 Å². The summed E-state index contributed by atoms with van der Waals surface area (Å²) in [6.07, 6.45) is 6.59. The molecule has 0 spiro atoms. The van der Waals surface area contributed by atoms with E-state index in [2.05, 4.69) is 0 Å². The van der Waals surface area contributed by atoms with Crippen molar-refractivity contribution in [2.75, 3.05) is 13.2 Å². The van der Waals surface area contributed by atoms with Crippen molar-refractivity contribution in [1.82, 2.24) is 0 Å². The van der Waals surface area contributed by atoms with Crippen LogP contribution in [0.3, 0.4) is 0 Å². The quantitative estimate of drug-likeness (QED) is 0.532. The van der Waals surface area contributed by atoms with Gasteiger partial charge in [-0.2, -0.15) is 0 Å². The highest BCUT2D eigenvalue weighted by atomic mass is 16.6. The third-order valence-electron chi connectivity index (χ3n) is 6.60. The molecule has 0 amide bonds. The van der Waals surface area contributed by atoms with E-state index in [0.29, 0.717) is 37.4 Å². The summed E-state index contributed by atoms with van der Waals surface area (Å²) in [6, 6.07) is 0. The number of carbonyl (C=O) groups excluding carboxylic acids is 2. The molecule has 0 saturated heterocycles. The second kappa shape index (κ2) is 7.28. The minimum Gasteiger partial charge on any atom is -0.465 e. The van der Waals surface area contributed by atoms with Gasteiger partial charge in [-0.1, -0.05) is 40.5 Å². The summed E-state index contributed by atoms with van der Waals surface area (Å²) in [7, 11) is 0. The molecule has 2 bridgehead atoms. The molecule has 0 aromatic carbocycles. The van der Waals surface area contributed by atoms with Crippen molar-refractivity contribution in [1.29, 1.82) is 0 Å². The lowest BCUT2D eigenvalue weighted by Crippen LogP contribution is -2.51. The first-order valence-corrected chi connectivity index (χ1v) is 10.2. The fourth-order valence-corrected chi connectivity index (χ4v) is 5.61. The van der Waals surface area contributed by atoms with E-state index in [1.54, 1.807) is 0 Å². The molecule has 0 aromatic rings. The van der Waals surface area contributed by atoms with Crippen LogP contribution in [0, 0.1) is 40.9 Å². The largest absolute Gasteiger partial charge is 0.465 e. The lowest BCUT2D eigenvalue weighted by atomic mass is 9.60. The van der Waals surface area contributed by atoms with Crippen molar-refractivity contribution in [2.24, 2.45) is 40.9 Å². The van der Waals surface area contributed by atoms with Gasteiger partial charge in [0.25, 0.3) is 0 Å². The number of hydrogen-bond acceptors (Lipinski definition) is 4. The van der Waals surface area contributed by atoms with Crippen molar-refractivity contribution >= 4 is 11.9 Å². The van der Waals surface area contributed by atoms with Gasteiger partial charge in [0.2, 0.25) is 0 Å². The number of fused-ring (bicyclic) bond motifs is 5. The van der Waals surface area contributed by atoms with E-state index in [4.69, 9.17) is 9.47 Å². The molecule has 25 heavy (non-hydrogen) atoms. The highest BCUT2D eigenvalue weighted by molar-refractivity contribution is 6.01. The molecule has 0 heterocycles. The first-order valence-electron chi connectivity index (χ1n) is 10.2. The molecule has 3 aliphatic rings. The molecule has 3 aliphatic carbocycles. The van der Waals surface area contributed by atoms with E-state index < -0.39 is 5.41 Å². The molecule has 4 nitrogen and oxygen atoms in total. The van der Waals surface area contributed by atoms with Gasteiger partial charge in [0.1, 0.15) is 0 Å². The number of ether oxygens (including phenoxy) is 2. The molecule has 0 aromatic heterocycles. The Bertz CT molecular complexity index is 486. The first kappa shape index (κ1) is 18.7. The van der Waals surface area contributed by atoms with Gasteiger partial charge in [0.05, 0.1) is 13.2 Å². The van der Waals surface area contributed by atoms with E-state index in [-0.39, 0.29) is 29.7 Å². The lowest BCUT2D eigenvalue weighted by molar-refractivity contribution is -0.182. The highest BCUT2D eigenvalue weighted by Gasteiger charge is 2.68. The van der Waals surface area contributed by atoms with E-state index in [0.717, 1.165) is 12.8 Å². The molecule has 142 valence electrons. The second-order valence-corrected chi connectivity index (χ2v) is 9.37. The molecule has 4 heteroatoms. The van der Waals surface area contributed by atoms with Gasteiger partial charge in [-0.05, 0) is 61.2 Å². The maximum atomic E-state index is 13.1. The zero-order valence-electron chi connectivity index (χ0n) is 16.3. The second-order valence-electron chi connectivity index (χ2n) is 9.37. The van der Waals surface area contributed by atoms with Gasteiger partial charge in [-0.3, -0.25) is 9.59 Å². The first-order chi connectivity index (χ1) is 11.9. The summed E-state index contributed by atoms with van der Waals surface area (Å²) in [4.78, 5) is 26.2. The minimum atomic E-state index is -1.03. The van der Waals surface area contributed by atoms with Crippen LogP contribution in [0.15, 0.2) is 0 Å². The van der Waals surface area contributed by atoms with Crippen LogP contribution >= 0.6 is 0 Å². The standard InChI is InChI=1S/C21H34O4/c1-13(2)11-24-19(22)21(20(23)25-12-14(3)4)10-15-9-18(21)17-8-6-5-7-16(15)17/h13-18H,5-12H2,1-4H3. The molecule has 4 unspecified atom stereocenters. The lowest BCUT2D eigenvalue weighted by Gasteiger charge is -2.43. The van der Waals surface area contributed by atoms with E-state index in [1.165, 1.54) is 19.3 Å². The van der Waals surface area contributed by atoms with Crippen LogP contribution in [-0.4, -0.2) is 25.2 Å². The van der Waals surface area contributed by atoms with Crippen LogP contribution in [0.4, 0.5) is 0 Å². The average Bonchev–Trinajstić information content (AvgIpc) is 3.15. The number of rotatable bonds is 6. The SMILES string of the molecule is CC(C)COC(=O)C1(C(=O)OCC(C)C)CC2CC1C1CCCCC21. The summed E-state index contributed by atoms with van der Waals surface area (Å²) >= 11 is 0. The molecular formula is C21H34O4. The van der Waals surface area contributed by atoms with Gasteiger partial charge in [-0.25, -0.2) is 0 Å². The summed E-state index contributed by atoms with van der Waals surface area (Å²) in [5.41, 5.74) is -1.03. The monoisotopic (exact) mass is 350 g/mol. The van der Waals surface area contributed by atoms with Gasteiger partial charge in [0, 0.05) is 0 Å². The maximum Gasteiger partial charge on any atom is 0.323 e. The number of hydrogen-bond donors (Lipinski definition) is 0. The van der Waals surface area contributed by atoms with Gasteiger partial charge in [0.15, 0.2) is 5.41 Å². The molecule has 3 fully saturated rings. The average molecular weight is 350 g/mol. The zero-order valence-corrected chi connectivity index (χ0v) is 16.3. The van der Waals surface area contributed by atoms with Gasteiger partial charge in [-0.15, -0.1) is 0 Å². The van der Waals surface area contributed by atoms with Crippen molar-refractivity contribution in [3.8, 4) is 0 Å². The number of carbonyl (C=O) groups is 2. The smallest absolute Gasteiger partial charge is 0.323 e. The van der Waals surface area contributed by atoms with Crippen LogP contribution in [0.1, 0.15) is 66.2 Å². The van der Waals surface area contributed by atoms with Gasteiger partial charge < -0.3 is 9.47 Å². The Hall–Kier alpha value is -1.06. The van der Waals surface area contributed by atoms with Crippen LogP contribution in [0.5, 0.6) is 0 Å². The summed E-state index contributed by atoms with van der Waals surface area (Å²) in [5, 5.41) is 0. The third-order valence-corrected chi connectivity index (χ3v) is 6.60. The van der Waals surface area contributed by atoms with Gasteiger partial charge >= 0.3 is 11.9 Å². The predicted octanol–water partition coefficient (Wildman–Crippen LogP) is 4.22. The summed E-state index contributed by atoms with van der Waals surface area (Å²) in [5.74, 6) is 1.75. The van der Waals surface area contributed by atoms with Crippen LogP contribution in [0.2, 0.25) is 0 Å². The molecule has 3 rings (SSSR count). The highest BCUT2D eigenvalue weighted by Crippen LogP contribution is 2.65.